The van der Waals surface area contributed by atoms with Crippen LogP contribution in [0.5, 0.6) is 0 Å². The number of hydrogen-bond acceptors (Lipinski definition) is 4. The van der Waals surface area contributed by atoms with Gasteiger partial charge in [-0.2, -0.15) is 4.31 Å². The third-order valence-corrected chi connectivity index (χ3v) is 6.80. The fourth-order valence-corrected chi connectivity index (χ4v) is 4.83. The normalized spacial score (nSPS) is 23.9. The van der Waals surface area contributed by atoms with Crippen LogP contribution in [-0.4, -0.2) is 80.6 Å². The van der Waals surface area contributed by atoms with Crippen molar-refractivity contribution in [2.24, 2.45) is 5.92 Å². The van der Waals surface area contributed by atoms with E-state index in [4.69, 9.17) is 0 Å². The first kappa shape index (κ1) is 18.2. The van der Waals surface area contributed by atoms with Crippen molar-refractivity contribution in [2.75, 3.05) is 58.1 Å². The Balaban J connectivity index is 1.68. The van der Waals surface area contributed by atoms with E-state index >= 15 is 0 Å². The largest absolute Gasteiger partial charge is 0.303 e. The van der Waals surface area contributed by atoms with Gasteiger partial charge in [0, 0.05) is 26.2 Å². The van der Waals surface area contributed by atoms with Gasteiger partial charge in [-0.05, 0) is 57.8 Å². The fraction of sp³-hybridized carbons (Fsp3) is 0.938. The Morgan fingerprint density at radius 1 is 0.955 bits per heavy atom. The lowest BCUT2D eigenvalue weighted by Gasteiger charge is -2.34. The van der Waals surface area contributed by atoms with Gasteiger partial charge in [0.25, 0.3) is 0 Å². The Labute approximate surface area is 136 Å². The Bertz CT molecular complexity index is 411. The third kappa shape index (κ3) is 5.48. The van der Waals surface area contributed by atoms with Gasteiger partial charge in [-0.15, -0.1) is 0 Å². The molecule has 0 aromatic rings. The monoisotopic (exact) mass is 330 g/mol. The molecule has 0 spiro atoms. The summed E-state index contributed by atoms with van der Waals surface area (Å²) in [5, 5.41) is 0. The summed E-state index contributed by atoms with van der Waals surface area (Å²) in [6.45, 7) is 13.5. The lowest BCUT2D eigenvalue weighted by molar-refractivity contribution is 0.187. The summed E-state index contributed by atoms with van der Waals surface area (Å²) in [5.74, 6) is 0.879. The summed E-state index contributed by atoms with van der Waals surface area (Å²) in [6.07, 6.45) is 4.17. The Morgan fingerprint density at radius 2 is 1.55 bits per heavy atom. The lowest BCUT2D eigenvalue weighted by atomic mass is 9.99. The maximum atomic E-state index is 12.4. The zero-order valence-corrected chi connectivity index (χ0v) is 14.9. The Kier molecular flexibility index (Phi) is 7.12. The van der Waals surface area contributed by atoms with Gasteiger partial charge in [0.05, 0.1) is 5.75 Å². The van der Waals surface area contributed by atoms with Crippen molar-refractivity contribution >= 4 is 10.0 Å². The van der Waals surface area contributed by atoms with Crippen LogP contribution in [0.25, 0.3) is 0 Å². The van der Waals surface area contributed by atoms with Gasteiger partial charge in [0.1, 0.15) is 0 Å². The molecule has 2 aliphatic heterocycles. The van der Waals surface area contributed by atoms with Gasteiger partial charge in [-0.1, -0.05) is 13.8 Å². The van der Waals surface area contributed by atoms with Gasteiger partial charge in [-0.25, -0.2) is 8.42 Å². The molecule has 2 heterocycles. The number of hydrogen-bond donors (Lipinski definition) is 0. The van der Waals surface area contributed by atoms with E-state index in [2.05, 4.69) is 23.6 Å². The SMILES string of the molecule is [CH2]C1CCN(CCCS(=O)(=O)N2CCN(CCC)CC2)CC1. The van der Waals surface area contributed by atoms with Crippen molar-refractivity contribution in [1.82, 2.24) is 14.1 Å². The van der Waals surface area contributed by atoms with Crippen LogP contribution >= 0.6 is 0 Å². The van der Waals surface area contributed by atoms with Gasteiger partial charge in [-0.3, -0.25) is 0 Å². The molecule has 0 saturated carbocycles. The van der Waals surface area contributed by atoms with Crippen LogP contribution in [0.2, 0.25) is 0 Å². The van der Waals surface area contributed by atoms with Crippen molar-refractivity contribution in [1.29, 1.82) is 0 Å². The standard InChI is InChI=1S/C16H32N3O2S/c1-3-7-17-11-13-19(14-12-17)22(20,21)15-4-8-18-9-5-16(2)6-10-18/h16H,2-15H2,1H3. The minimum atomic E-state index is -3.07. The van der Waals surface area contributed by atoms with E-state index in [1.165, 1.54) is 0 Å². The van der Waals surface area contributed by atoms with Crippen LogP contribution in [0.15, 0.2) is 0 Å². The summed E-state index contributed by atoms with van der Waals surface area (Å²) in [7, 11) is -3.07. The first-order valence-electron chi connectivity index (χ1n) is 8.77. The minimum Gasteiger partial charge on any atom is -0.303 e. The van der Waals surface area contributed by atoms with E-state index in [1.54, 1.807) is 4.31 Å². The molecule has 0 amide bonds. The predicted octanol–water partition coefficient (Wildman–Crippen LogP) is 1.28. The molecule has 5 nitrogen and oxygen atoms in total. The van der Waals surface area contributed by atoms with Crippen LogP contribution in [0.3, 0.4) is 0 Å². The van der Waals surface area contributed by atoms with Crippen molar-refractivity contribution in [3.63, 3.8) is 0 Å². The minimum absolute atomic E-state index is 0.297. The molecule has 22 heavy (non-hydrogen) atoms. The molecule has 0 aromatic heterocycles. The van der Waals surface area contributed by atoms with Crippen LogP contribution in [0, 0.1) is 12.8 Å². The summed E-state index contributed by atoms with van der Waals surface area (Å²) in [5.41, 5.74) is 0. The number of rotatable bonds is 7. The van der Waals surface area contributed by atoms with Gasteiger partial charge < -0.3 is 9.80 Å². The van der Waals surface area contributed by atoms with E-state index in [9.17, 15) is 8.42 Å². The fourth-order valence-electron chi connectivity index (χ4n) is 3.36. The van der Waals surface area contributed by atoms with Crippen LogP contribution < -0.4 is 0 Å². The highest BCUT2D eigenvalue weighted by Crippen LogP contribution is 2.16. The molecule has 2 rings (SSSR count). The highest BCUT2D eigenvalue weighted by atomic mass is 32.2. The molecule has 0 aromatic carbocycles. The summed E-state index contributed by atoms with van der Waals surface area (Å²) in [6, 6.07) is 0. The Morgan fingerprint density at radius 3 is 2.14 bits per heavy atom. The van der Waals surface area contributed by atoms with E-state index in [-0.39, 0.29) is 0 Å². The zero-order valence-electron chi connectivity index (χ0n) is 14.0. The van der Waals surface area contributed by atoms with Crippen molar-refractivity contribution in [2.45, 2.75) is 32.6 Å². The van der Waals surface area contributed by atoms with E-state index < -0.39 is 10.0 Å². The highest BCUT2D eigenvalue weighted by molar-refractivity contribution is 7.89. The maximum Gasteiger partial charge on any atom is 0.214 e. The molecule has 0 unspecified atom stereocenters. The number of piperazine rings is 1. The molecule has 129 valence electrons. The van der Waals surface area contributed by atoms with Crippen LogP contribution in [-0.2, 0) is 10.0 Å². The average molecular weight is 331 g/mol. The van der Waals surface area contributed by atoms with Crippen LogP contribution in [0.4, 0.5) is 0 Å². The van der Waals surface area contributed by atoms with E-state index in [0.29, 0.717) is 24.8 Å². The molecule has 0 atom stereocenters. The van der Waals surface area contributed by atoms with E-state index in [0.717, 1.165) is 65.0 Å². The second-order valence-corrected chi connectivity index (χ2v) is 8.78. The Hall–Kier alpha value is -0.170. The van der Waals surface area contributed by atoms with Crippen molar-refractivity contribution in [3.8, 4) is 0 Å². The molecular weight excluding hydrogens is 298 g/mol. The lowest BCUT2D eigenvalue weighted by Crippen LogP contribution is -2.49. The number of nitrogens with zero attached hydrogens (tertiary/aromatic N) is 3. The number of piperidine rings is 1. The molecule has 0 aliphatic carbocycles. The smallest absolute Gasteiger partial charge is 0.214 e. The van der Waals surface area contributed by atoms with Gasteiger partial charge >= 0.3 is 0 Å². The zero-order chi connectivity index (χ0) is 16.0. The molecule has 1 radical (unpaired) electrons. The van der Waals surface area contributed by atoms with Crippen molar-refractivity contribution < 1.29 is 8.42 Å². The molecule has 2 fully saturated rings. The first-order chi connectivity index (χ1) is 10.5. The second kappa shape index (κ2) is 8.62. The summed E-state index contributed by atoms with van der Waals surface area (Å²) >= 11 is 0. The maximum absolute atomic E-state index is 12.4. The molecule has 0 bridgehead atoms. The summed E-state index contributed by atoms with van der Waals surface area (Å²) < 4.78 is 26.5. The molecule has 0 N–H and O–H groups in total. The number of likely N-dealkylation sites (tertiary alicyclic amines) is 1. The van der Waals surface area contributed by atoms with Crippen LogP contribution in [0.1, 0.15) is 32.6 Å². The van der Waals surface area contributed by atoms with E-state index in [1.807, 2.05) is 0 Å². The average Bonchev–Trinajstić information content (AvgIpc) is 2.50. The third-order valence-electron chi connectivity index (χ3n) is 4.85. The van der Waals surface area contributed by atoms with Crippen molar-refractivity contribution in [3.05, 3.63) is 6.92 Å². The first-order valence-corrected chi connectivity index (χ1v) is 10.4. The highest BCUT2D eigenvalue weighted by Gasteiger charge is 2.26. The molecule has 6 heteroatoms. The predicted molar refractivity (Wildman–Crippen MR) is 91.2 cm³/mol. The second-order valence-electron chi connectivity index (χ2n) is 6.70. The quantitative estimate of drug-likeness (QED) is 0.705. The topological polar surface area (TPSA) is 43.9 Å². The molecule has 2 saturated heterocycles. The number of sulfonamides is 1. The van der Waals surface area contributed by atoms with Gasteiger partial charge in [0.2, 0.25) is 10.0 Å². The molecular formula is C16H32N3O2S. The summed E-state index contributed by atoms with van der Waals surface area (Å²) in [4.78, 5) is 4.74. The molecule has 2 aliphatic rings. The van der Waals surface area contributed by atoms with Gasteiger partial charge in [0.15, 0.2) is 0 Å².